The van der Waals surface area contributed by atoms with E-state index in [9.17, 15) is 0 Å². The third kappa shape index (κ3) is 99.5. The van der Waals surface area contributed by atoms with Crippen LogP contribution in [0.5, 0.6) is 0 Å². The molecule has 0 rings (SSSR count). The molecule has 0 aromatic carbocycles. The minimum absolute atomic E-state index is 0. The first kappa shape index (κ1) is 38.9. The topological polar surface area (TPSA) is 91.1 Å². The van der Waals surface area contributed by atoms with Gasteiger partial charge in [-0.1, -0.05) is 0 Å². The van der Waals surface area contributed by atoms with Crippen LogP contribution in [0.4, 0.5) is 0 Å². The van der Waals surface area contributed by atoms with E-state index in [0.717, 1.165) is 0 Å². The SMILES string of the molecule is O=[Si]=O.[Ca+2].[Fe+2].[O-2].[O-2]. The number of hydrogen-bond acceptors (Lipinski definition) is 2. The molecule has 4 nitrogen and oxygen atoms in total. The molecule has 0 N–H and O–H groups in total. The summed E-state index contributed by atoms with van der Waals surface area (Å²) >= 11 is 0. The zero-order valence-electron chi connectivity index (χ0n) is 3.19. The van der Waals surface area contributed by atoms with Crippen LogP contribution in [0.15, 0.2) is 0 Å². The Balaban J connectivity index is -0.00000000333. The van der Waals surface area contributed by atoms with Crippen LogP contribution in [0.25, 0.3) is 0 Å². The van der Waals surface area contributed by atoms with E-state index in [-0.39, 0.29) is 65.8 Å². The van der Waals surface area contributed by atoms with E-state index in [0.29, 0.717) is 0 Å². The van der Waals surface area contributed by atoms with E-state index in [1.165, 1.54) is 0 Å². The van der Waals surface area contributed by atoms with Gasteiger partial charge in [-0.05, 0) is 0 Å². The normalized spacial score (nSPS) is 1.14. The summed E-state index contributed by atoms with van der Waals surface area (Å²) in [5.41, 5.74) is 0. The second kappa shape index (κ2) is 50.4. The third-order valence-electron chi connectivity index (χ3n) is 0. The Morgan fingerprint density at radius 2 is 1.00 bits per heavy atom. The van der Waals surface area contributed by atoms with E-state index >= 15 is 0 Å². The van der Waals surface area contributed by atoms with Crippen molar-refractivity contribution >= 4 is 47.0 Å². The van der Waals surface area contributed by atoms with Crippen molar-refractivity contribution in [2.24, 2.45) is 0 Å². The Morgan fingerprint density at radius 1 is 1.00 bits per heavy atom. The van der Waals surface area contributed by atoms with E-state index in [1.54, 1.807) is 0 Å². The van der Waals surface area contributed by atoms with Gasteiger partial charge < -0.3 is 11.0 Å². The molecule has 0 amide bonds. The molecule has 0 atom stereocenters. The molecule has 0 spiro atoms. The van der Waals surface area contributed by atoms with Crippen molar-refractivity contribution in [2.45, 2.75) is 0 Å². The van der Waals surface area contributed by atoms with Gasteiger partial charge in [0.2, 0.25) is 0 Å². The summed E-state index contributed by atoms with van der Waals surface area (Å²) in [6.07, 6.45) is 0. The summed E-state index contributed by atoms with van der Waals surface area (Å²) in [4.78, 5) is 0. The van der Waals surface area contributed by atoms with Crippen molar-refractivity contribution in [1.29, 1.82) is 0 Å². The van der Waals surface area contributed by atoms with Crippen LogP contribution in [0.1, 0.15) is 0 Å². The molecule has 0 bridgehead atoms. The van der Waals surface area contributed by atoms with Crippen LogP contribution in [0, 0.1) is 0 Å². The van der Waals surface area contributed by atoms with Crippen LogP contribution in [-0.4, -0.2) is 47.0 Å². The molecule has 38 valence electrons. The summed E-state index contributed by atoms with van der Waals surface area (Å²) in [6.45, 7) is 0. The van der Waals surface area contributed by atoms with Crippen LogP contribution in [0.3, 0.4) is 0 Å². The molecule has 0 aliphatic rings. The molecule has 0 unspecified atom stereocenters. The quantitative estimate of drug-likeness (QED) is 0.444. The van der Waals surface area contributed by atoms with E-state index < -0.39 is 9.29 Å². The summed E-state index contributed by atoms with van der Waals surface area (Å²) in [5.74, 6) is 0. The van der Waals surface area contributed by atoms with Gasteiger partial charge in [0.1, 0.15) is 0 Å². The van der Waals surface area contributed by atoms with E-state index in [2.05, 4.69) is 0 Å². The first-order chi connectivity index (χ1) is 1.41. The summed E-state index contributed by atoms with van der Waals surface area (Å²) in [7, 11) is -1.42. The van der Waals surface area contributed by atoms with E-state index in [1.807, 2.05) is 0 Å². The Hall–Kier alpha value is 1.52. The second-order valence-electron chi connectivity index (χ2n) is 0.0833. The zero-order chi connectivity index (χ0) is 2.71. The molecule has 0 aromatic rings. The van der Waals surface area contributed by atoms with Crippen molar-refractivity contribution in [2.75, 3.05) is 0 Å². The minimum Gasteiger partial charge on any atom is -2.00 e. The Kier molecular flexibility index (Phi) is 280. The van der Waals surface area contributed by atoms with E-state index in [4.69, 9.17) is 8.92 Å². The van der Waals surface area contributed by atoms with Gasteiger partial charge in [-0.2, -0.15) is 0 Å². The van der Waals surface area contributed by atoms with Crippen LogP contribution < -0.4 is 0 Å². The molecular formula is CaFeO4Si. The van der Waals surface area contributed by atoms with Gasteiger partial charge in [0.05, 0.1) is 0 Å². The van der Waals surface area contributed by atoms with Gasteiger partial charge in [0, 0.05) is 0 Å². The van der Waals surface area contributed by atoms with Crippen molar-refractivity contribution in [3.8, 4) is 0 Å². The van der Waals surface area contributed by atoms with Crippen molar-refractivity contribution in [1.82, 2.24) is 0 Å². The van der Waals surface area contributed by atoms with Crippen LogP contribution in [0.2, 0.25) is 0 Å². The molecule has 0 saturated carbocycles. The molecule has 7 heavy (non-hydrogen) atoms. The Morgan fingerprint density at radius 3 is 1.00 bits per heavy atom. The van der Waals surface area contributed by atoms with Gasteiger partial charge in [-0.25, -0.2) is 0 Å². The molecule has 0 heterocycles. The molecular weight excluding hydrogens is 188 g/mol. The first-order valence-electron chi connectivity index (χ1n) is 0.408. The van der Waals surface area contributed by atoms with Crippen molar-refractivity contribution in [3.63, 3.8) is 0 Å². The van der Waals surface area contributed by atoms with Crippen LogP contribution >= 0.6 is 0 Å². The Labute approximate surface area is 83.1 Å². The number of rotatable bonds is 0. The standard InChI is InChI=1S/Ca.Fe.O2Si.2O/c;;1-3-2;;/q2*+2;;2*-2. The minimum atomic E-state index is -1.42. The average Bonchev–Trinajstić information content (AvgIpc) is 0.918. The smallest absolute Gasteiger partial charge is 2.00 e. The van der Waals surface area contributed by atoms with Crippen LogP contribution in [-0.2, 0) is 36.9 Å². The fourth-order valence-electron chi connectivity index (χ4n) is 0. The Bertz CT molecular complexity index is 32.7. The largest absolute Gasteiger partial charge is 2.00 e. The summed E-state index contributed by atoms with van der Waals surface area (Å²) in [5, 5.41) is 0. The van der Waals surface area contributed by atoms with Gasteiger partial charge in [-0.15, -0.1) is 0 Å². The average molecular weight is 188 g/mol. The van der Waals surface area contributed by atoms with Crippen molar-refractivity contribution in [3.05, 3.63) is 0 Å². The number of hydrogen-bond donors (Lipinski definition) is 0. The van der Waals surface area contributed by atoms with Gasteiger partial charge in [0.15, 0.2) is 0 Å². The van der Waals surface area contributed by atoms with Gasteiger partial charge in [-0.3, -0.25) is 8.92 Å². The van der Waals surface area contributed by atoms with Crippen molar-refractivity contribution < 1.29 is 36.9 Å². The molecule has 0 aromatic heterocycles. The fraction of sp³-hybridized carbons (Fsp3) is 0. The maximum atomic E-state index is 8.40. The molecule has 0 radical (unpaired) electrons. The monoisotopic (exact) mass is 188 g/mol. The first-order valence-corrected chi connectivity index (χ1v) is 1.22. The second-order valence-corrected chi connectivity index (χ2v) is 0.250. The maximum absolute atomic E-state index is 8.40. The molecule has 0 aliphatic heterocycles. The zero-order valence-corrected chi connectivity index (χ0v) is 7.51. The molecule has 7 heteroatoms. The van der Waals surface area contributed by atoms with Gasteiger partial charge in [0.25, 0.3) is 0 Å². The third-order valence-corrected chi connectivity index (χ3v) is 0. The predicted octanol–water partition coefficient (Wildman–Crippen LogP) is -1.24. The predicted molar refractivity (Wildman–Crippen MR) is 14.3 cm³/mol. The summed E-state index contributed by atoms with van der Waals surface area (Å²) < 4.78 is 16.8. The fourth-order valence-corrected chi connectivity index (χ4v) is 0. The van der Waals surface area contributed by atoms with Gasteiger partial charge >= 0.3 is 64.1 Å². The summed E-state index contributed by atoms with van der Waals surface area (Å²) in [6, 6.07) is 0. The maximum Gasteiger partial charge on any atom is 2.00 e. The molecule has 0 fully saturated rings. The molecule has 0 aliphatic carbocycles. The molecule has 0 saturated heterocycles.